The Morgan fingerprint density at radius 1 is 1.04 bits per heavy atom. The number of anilines is 1. The fraction of sp³-hybridized carbons (Fsp3) is 0.684. The van der Waals surface area contributed by atoms with E-state index >= 15 is 0 Å². The molecule has 1 saturated carbocycles. The first-order chi connectivity index (χ1) is 11.3. The molecule has 2 fully saturated rings. The van der Waals surface area contributed by atoms with Crippen LogP contribution in [0.4, 0.5) is 5.69 Å². The van der Waals surface area contributed by atoms with Crippen LogP contribution in [0, 0.1) is 5.92 Å². The van der Waals surface area contributed by atoms with Gasteiger partial charge in [-0.25, -0.2) is 0 Å². The molecule has 4 nitrogen and oxygen atoms in total. The minimum atomic E-state index is 0.357. The predicted octanol–water partition coefficient (Wildman–Crippen LogP) is 3.48. The molecular formula is C19H29N3O. The van der Waals surface area contributed by atoms with E-state index in [0.29, 0.717) is 5.91 Å². The van der Waals surface area contributed by atoms with Crippen molar-refractivity contribution < 1.29 is 4.79 Å². The Kier molecular flexibility index (Phi) is 5.89. The average molecular weight is 315 g/mol. The topological polar surface area (TPSA) is 36.4 Å². The molecule has 1 saturated heterocycles. The lowest BCUT2D eigenvalue weighted by Crippen LogP contribution is -2.48. The lowest BCUT2D eigenvalue weighted by molar-refractivity contribution is -0.131. The molecule has 0 aromatic carbocycles. The minimum Gasteiger partial charge on any atom is -0.368 e. The number of amides is 1. The van der Waals surface area contributed by atoms with Crippen LogP contribution in [0.5, 0.6) is 0 Å². The summed E-state index contributed by atoms with van der Waals surface area (Å²) in [6.45, 7) is 3.56. The highest BCUT2D eigenvalue weighted by molar-refractivity contribution is 5.76. The largest absolute Gasteiger partial charge is 0.368 e. The second kappa shape index (κ2) is 8.32. The van der Waals surface area contributed by atoms with E-state index in [4.69, 9.17) is 0 Å². The summed E-state index contributed by atoms with van der Waals surface area (Å²) < 4.78 is 0. The standard InChI is InChI=1S/C19H29N3O/c23-19(8-4-7-17-5-2-1-3-6-17)22-15-13-21(14-16-22)18-9-11-20-12-10-18/h9-12,17H,1-8,13-16H2. The molecule has 23 heavy (non-hydrogen) atoms. The smallest absolute Gasteiger partial charge is 0.222 e. The van der Waals surface area contributed by atoms with Crippen LogP contribution in [-0.2, 0) is 4.79 Å². The highest BCUT2D eigenvalue weighted by Gasteiger charge is 2.21. The molecule has 0 N–H and O–H groups in total. The Hall–Kier alpha value is -1.58. The number of aromatic nitrogens is 1. The Morgan fingerprint density at radius 2 is 1.74 bits per heavy atom. The predicted molar refractivity (Wildman–Crippen MR) is 93.5 cm³/mol. The van der Waals surface area contributed by atoms with Crippen LogP contribution >= 0.6 is 0 Å². The van der Waals surface area contributed by atoms with Gasteiger partial charge in [0.2, 0.25) is 5.91 Å². The van der Waals surface area contributed by atoms with E-state index in [1.54, 1.807) is 0 Å². The van der Waals surface area contributed by atoms with E-state index in [1.807, 2.05) is 24.5 Å². The highest BCUT2D eigenvalue weighted by atomic mass is 16.2. The summed E-state index contributed by atoms with van der Waals surface area (Å²) in [5.41, 5.74) is 1.21. The van der Waals surface area contributed by atoms with Crippen molar-refractivity contribution in [3.8, 4) is 0 Å². The lowest BCUT2D eigenvalue weighted by atomic mass is 9.86. The van der Waals surface area contributed by atoms with Crippen molar-refractivity contribution in [2.45, 2.75) is 51.4 Å². The Labute approximate surface area is 139 Å². The molecule has 0 radical (unpaired) electrons. The first kappa shape index (κ1) is 16.3. The molecule has 0 unspecified atom stereocenters. The van der Waals surface area contributed by atoms with Gasteiger partial charge in [-0.15, -0.1) is 0 Å². The van der Waals surface area contributed by atoms with Crippen LogP contribution in [0.3, 0.4) is 0 Å². The van der Waals surface area contributed by atoms with Crippen molar-refractivity contribution >= 4 is 11.6 Å². The maximum atomic E-state index is 12.4. The van der Waals surface area contributed by atoms with E-state index in [-0.39, 0.29) is 0 Å². The van der Waals surface area contributed by atoms with Gasteiger partial charge in [-0.3, -0.25) is 9.78 Å². The first-order valence-electron chi connectivity index (χ1n) is 9.25. The fourth-order valence-corrected chi connectivity index (χ4v) is 3.94. The molecule has 126 valence electrons. The van der Waals surface area contributed by atoms with E-state index in [9.17, 15) is 4.79 Å². The summed E-state index contributed by atoms with van der Waals surface area (Å²) in [6.07, 6.45) is 13.7. The van der Waals surface area contributed by atoms with E-state index in [2.05, 4.69) is 14.8 Å². The van der Waals surface area contributed by atoms with Gasteiger partial charge >= 0.3 is 0 Å². The molecule has 1 aliphatic carbocycles. The van der Waals surface area contributed by atoms with Gasteiger partial charge in [0, 0.05) is 50.7 Å². The molecule has 0 bridgehead atoms. The van der Waals surface area contributed by atoms with Gasteiger partial charge in [-0.1, -0.05) is 32.1 Å². The first-order valence-corrected chi connectivity index (χ1v) is 9.25. The number of carbonyl (C=O) groups is 1. The van der Waals surface area contributed by atoms with Crippen LogP contribution in [0.25, 0.3) is 0 Å². The number of piperazine rings is 1. The summed E-state index contributed by atoms with van der Waals surface area (Å²) >= 11 is 0. The summed E-state index contributed by atoms with van der Waals surface area (Å²) in [4.78, 5) is 20.8. The Balaban J connectivity index is 1.36. The van der Waals surface area contributed by atoms with E-state index in [1.165, 1.54) is 44.2 Å². The van der Waals surface area contributed by atoms with Crippen molar-refractivity contribution in [2.24, 2.45) is 5.92 Å². The highest BCUT2D eigenvalue weighted by Crippen LogP contribution is 2.27. The van der Waals surface area contributed by atoms with Crippen molar-refractivity contribution in [3.05, 3.63) is 24.5 Å². The zero-order valence-corrected chi connectivity index (χ0v) is 14.1. The minimum absolute atomic E-state index is 0.357. The molecule has 2 aliphatic rings. The second-order valence-corrected chi connectivity index (χ2v) is 6.97. The van der Waals surface area contributed by atoms with Gasteiger partial charge in [0.1, 0.15) is 0 Å². The van der Waals surface area contributed by atoms with Crippen molar-refractivity contribution in [2.75, 3.05) is 31.1 Å². The van der Waals surface area contributed by atoms with Crippen molar-refractivity contribution in [3.63, 3.8) is 0 Å². The Morgan fingerprint density at radius 3 is 2.43 bits per heavy atom. The molecule has 2 heterocycles. The maximum Gasteiger partial charge on any atom is 0.222 e. The van der Waals surface area contributed by atoms with Crippen LogP contribution in [0.1, 0.15) is 51.4 Å². The van der Waals surface area contributed by atoms with Gasteiger partial charge in [-0.2, -0.15) is 0 Å². The van der Waals surface area contributed by atoms with E-state index in [0.717, 1.165) is 44.9 Å². The normalized spacial score (nSPS) is 19.8. The van der Waals surface area contributed by atoms with Gasteiger partial charge in [0.05, 0.1) is 0 Å². The number of rotatable bonds is 5. The van der Waals surface area contributed by atoms with Gasteiger partial charge in [-0.05, 0) is 30.9 Å². The molecule has 0 spiro atoms. The van der Waals surface area contributed by atoms with Crippen molar-refractivity contribution in [1.82, 2.24) is 9.88 Å². The third kappa shape index (κ3) is 4.69. The maximum absolute atomic E-state index is 12.4. The van der Waals surface area contributed by atoms with Gasteiger partial charge in [0.15, 0.2) is 0 Å². The van der Waals surface area contributed by atoms with Crippen LogP contribution in [-0.4, -0.2) is 42.0 Å². The Bertz CT molecular complexity index is 477. The second-order valence-electron chi connectivity index (χ2n) is 6.97. The lowest BCUT2D eigenvalue weighted by Gasteiger charge is -2.36. The molecule has 4 heteroatoms. The molecule has 1 aliphatic heterocycles. The molecular weight excluding hydrogens is 286 g/mol. The molecule has 3 rings (SSSR count). The van der Waals surface area contributed by atoms with Crippen LogP contribution in [0.15, 0.2) is 24.5 Å². The summed E-state index contributed by atoms with van der Waals surface area (Å²) in [6, 6.07) is 4.09. The van der Waals surface area contributed by atoms with Gasteiger partial charge in [0.25, 0.3) is 0 Å². The monoisotopic (exact) mass is 315 g/mol. The SMILES string of the molecule is O=C(CCCC1CCCCC1)N1CCN(c2ccncc2)CC1. The van der Waals surface area contributed by atoms with Crippen LogP contribution in [0.2, 0.25) is 0 Å². The number of hydrogen-bond donors (Lipinski definition) is 0. The molecule has 1 aromatic heterocycles. The fourth-order valence-electron chi connectivity index (χ4n) is 3.94. The number of hydrogen-bond acceptors (Lipinski definition) is 3. The summed E-state index contributed by atoms with van der Waals surface area (Å²) in [7, 11) is 0. The zero-order chi connectivity index (χ0) is 15.9. The molecule has 1 amide bonds. The summed E-state index contributed by atoms with van der Waals surface area (Å²) in [5, 5.41) is 0. The quantitative estimate of drug-likeness (QED) is 0.834. The number of pyridine rings is 1. The van der Waals surface area contributed by atoms with Crippen molar-refractivity contribution in [1.29, 1.82) is 0 Å². The van der Waals surface area contributed by atoms with E-state index < -0.39 is 0 Å². The van der Waals surface area contributed by atoms with Gasteiger partial charge < -0.3 is 9.80 Å². The van der Waals surface area contributed by atoms with Crippen LogP contribution < -0.4 is 4.90 Å². The number of carbonyl (C=O) groups excluding carboxylic acids is 1. The molecule has 0 atom stereocenters. The number of nitrogens with zero attached hydrogens (tertiary/aromatic N) is 3. The third-order valence-electron chi connectivity index (χ3n) is 5.39. The summed E-state index contributed by atoms with van der Waals surface area (Å²) in [5.74, 6) is 1.25. The zero-order valence-electron chi connectivity index (χ0n) is 14.1. The third-order valence-corrected chi connectivity index (χ3v) is 5.39. The molecule has 1 aromatic rings. The average Bonchev–Trinajstić information content (AvgIpc) is 2.63.